The van der Waals surface area contributed by atoms with Crippen molar-refractivity contribution in [2.45, 2.75) is 6.92 Å². The first-order valence-corrected chi connectivity index (χ1v) is 7.49. The minimum Gasteiger partial charge on any atom is -0.493 e. The van der Waals surface area contributed by atoms with Crippen molar-refractivity contribution in [1.82, 2.24) is 4.98 Å². The van der Waals surface area contributed by atoms with Gasteiger partial charge in [0.1, 0.15) is 10.8 Å². The number of benzene rings is 2. The minimum absolute atomic E-state index is 0.661. The van der Waals surface area contributed by atoms with Gasteiger partial charge in [-0.15, -0.1) is 11.3 Å². The van der Waals surface area contributed by atoms with Crippen LogP contribution in [0.5, 0.6) is 5.75 Å². The van der Waals surface area contributed by atoms with Crippen molar-refractivity contribution in [1.29, 1.82) is 0 Å². The fraction of sp³-hybridized carbons (Fsp3) is 0.118. The van der Waals surface area contributed by atoms with E-state index < -0.39 is 0 Å². The van der Waals surface area contributed by atoms with Crippen molar-refractivity contribution in [3.8, 4) is 27.6 Å². The fourth-order valence-electron chi connectivity index (χ4n) is 2.06. The molecule has 2 aromatic carbocycles. The fourth-order valence-corrected chi connectivity index (χ4v) is 2.92. The van der Waals surface area contributed by atoms with Gasteiger partial charge in [-0.1, -0.05) is 42.5 Å². The normalized spacial score (nSPS) is 10.4. The Balaban J connectivity index is 1.98. The summed E-state index contributed by atoms with van der Waals surface area (Å²) in [7, 11) is 0. The first-order chi connectivity index (χ1) is 9.88. The van der Waals surface area contributed by atoms with Crippen molar-refractivity contribution >= 4 is 11.3 Å². The number of thiazole rings is 1. The second-order valence-electron chi connectivity index (χ2n) is 4.33. The monoisotopic (exact) mass is 281 g/mol. The number of nitrogens with zero attached hydrogens (tertiary/aromatic N) is 1. The topological polar surface area (TPSA) is 22.1 Å². The number of hydrogen-bond acceptors (Lipinski definition) is 3. The predicted octanol–water partition coefficient (Wildman–Crippen LogP) is 4.88. The number of aromatic nitrogens is 1. The highest BCUT2D eigenvalue weighted by molar-refractivity contribution is 7.13. The Morgan fingerprint density at radius 3 is 2.55 bits per heavy atom. The number of rotatable bonds is 4. The van der Waals surface area contributed by atoms with Crippen molar-refractivity contribution in [3.05, 3.63) is 60.0 Å². The standard InChI is InChI=1S/C17H15NOS/c1-2-19-16-11-7-6-10-14(16)17-18-15(12-20-17)13-8-4-3-5-9-13/h3-12H,2H2,1H3. The highest BCUT2D eigenvalue weighted by Crippen LogP contribution is 2.34. The molecule has 1 heterocycles. The van der Waals surface area contributed by atoms with Gasteiger partial charge in [0.25, 0.3) is 0 Å². The van der Waals surface area contributed by atoms with Gasteiger partial charge in [0.05, 0.1) is 17.9 Å². The molecule has 0 spiro atoms. The van der Waals surface area contributed by atoms with Crippen LogP contribution in [0.4, 0.5) is 0 Å². The lowest BCUT2D eigenvalue weighted by Gasteiger charge is -2.07. The first kappa shape index (κ1) is 12.9. The number of hydrogen-bond donors (Lipinski definition) is 0. The molecule has 0 saturated carbocycles. The molecular formula is C17H15NOS. The van der Waals surface area contributed by atoms with Crippen LogP contribution in [-0.2, 0) is 0 Å². The Labute approximate surface area is 122 Å². The van der Waals surface area contributed by atoms with E-state index in [-0.39, 0.29) is 0 Å². The van der Waals surface area contributed by atoms with Gasteiger partial charge in [0, 0.05) is 10.9 Å². The van der Waals surface area contributed by atoms with E-state index in [0.29, 0.717) is 6.61 Å². The van der Waals surface area contributed by atoms with Gasteiger partial charge in [-0.3, -0.25) is 0 Å². The predicted molar refractivity (Wildman–Crippen MR) is 84.2 cm³/mol. The van der Waals surface area contributed by atoms with Crippen molar-refractivity contribution in [3.63, 3.8) is 0 Å². The maximum atomic E-state index is 5.67. The third-order valence-corrected chi connectivity index (χ3v) is 3.87. The van der Waals surface area contributed by atoms with E-state index in [1.165, 1.54) is 0 Å². The van der Waals surface area contributed by atoms with Gasteiger partial charge < -0.3 is 4.74 Å². The molecule has 0 saturated heterocycles. The Kier molecular flexibility index (Phi) is 3.79. The summed E-state index contributed by atoms with van der Waals surface area (Å²) < 4.78 is 5.67. The number of para-hydroxylation sites is 1. The Morgan fingerprint density at radius 2 is 1.75 bits per heavy atom. The van der Waals surface area contributed by atoms with Gasteiger partial charge in [0.2, 0.25) is 0 Å². The SMILES string of the molecule is CCOc1ccccc1-c1nc(-c2ccccc2)cs1. The molecule has 20 heavy (non-hydrogen) atoms. The van der Waals surface area contributed by atoms with Crippen molar-refractivity contribution in [2.75, 3.05) is 6.61 Å². The maximum Gasteiger partial charge on any atom is 0.129 e. The molecular weight excluding hydrogens is 266 g/mol. The summed E-state index contributed by atoms with van der Waals surface area (Å²) in [6.45, 7) is 2.65. The van der Waals surface area contributed by atoms with Gasteiger partial charge >= 0.3 is 0 Å². The second kappa shape index (κ2) is 5.88. The Bertz CT molecular complexity index is 691. The van der Waals surface area contributed by atoms with E-state index in [1.807, 2.05) is 43.3 Å². The molecule has 3 aromatic rings. The molecule has 3 rings (SSSR count). The Morgan fingerprint density at radius 1 is 1.00 bits per heavy atom. The van der Waals surface area contributed by atoms with E-state index in [9.17, 15) is 0 Å². The molecule has 0 radical (unpaired) electrons. The van der Waals surface area contributed by atoms with Gasteiger partial charge in [-0.25, -0.2) is 4.98 Å². The summed E-state index contributed by atoms with van der Waals surface area (Å²) in [5.41, 5.74) is 3.21. The quantitative estimate of drug-likeness (QED) is 0.680. The average Bonchev–Trinajstić information content (AvgIpc) is 2.99. The van der Waals surface area contributed by atoms with Crippen LogP contribution < -0.4 is 4.74 Å². The summed E-state index contributed by atoms with van der Waals surface area (Å²) in [4.78, 5) is 4.73. The molecule has 0 amide bonds. The molecule has 3 heteroatoms. The Hall–Kier alpha value is -2.13. The summed E-state index contributed by atoms with van der Waals surface area (Å²) in [6.07, 6.45) is 0. The largest absolute Gasteiger partial charge is 0.493 e. The lowest BCUT2D eigenvalue weighted by Crippen LogP contribution is -1.93. The van der Waals surface area contributed by atoms with E-state index in [4.69, 9.17) is 9.72 Å². The molecule has 0 fully saturated rings. The number of ether oxygens (including phenoxy) is 1. The van der Waals surface area contributed by atoms with Crippen molar-refractivity contribution < 1.29 is 4.74 Å². The third-order valence-electron chi connectivity index (χ3n) is 2.99. The highest BCUT2D eigenvalue weighted by atomic mass is 32.1. The summed E-state index contributed by atoms with van der Waals surface area (Å²) in [5, 5.41) is 3.08. The van der Waals surface area contributed by atoms with Crippen LogP contribution in [0.2, 0.25) is 0 Å². The molecule has 0 N–H and O–H groups in total. The van der Waals surface area contributed by atoms with Crippen LogP contribution in [0.15, 0.2) is 60.0 Å². The van der Waals surface area contributed by atoms with Crippen LogP contribution in [0, 0.1) is 0 Å². The van der Waals surface area contributed by atoms with Gasteiger partial charge in [0.15, 0.2) is 0 Å². The zero-order valence-corrected chi connectivity index (χ0v) is 12.1. The molecule has 0 aliphatic heterocycles. The molecule has 2 nitrogen and oxygen atoms in total. The van der Waals surface area contributed by atoms with E-state index in [2.05, 4.69) is 23.6 Å². The van der Waals surface area contributed by atoms with Crippen LogP contribution in [0.25, 0.3) is 21.8 Å². The lowest BCUT2D eigenvalue weighted by atomic mass is 10.2. The van der Waals surface area contributed by atoms with Crippen LogP contribution >= 0.6 is 11.3 Å². The zero-order chi connectivity index (χ0) is 13.8. The van der Waals surface area contributed by atoms with Gasteiger partial charge in [-0.2, -0.15) is 0 Å². The molecule has 1 aromatic heterocycles. The first-order valence-electron chi connectivity index (χ1n) is 6.61. The molecule has 100 valence electrons. The van der Waals surface area contributed by atoms with Gasteiger partial charge in [-0.05, 0) is 19.1 Å². The smallest absolute Gasteiger partial charge is 0.129 e. The van der Waals surface area contributed by atoms with E-state index in [1.54, 1.807) is 11.3 Å². The highest BCUT2D eigenvalue weighted by Gasteiger charge is 2.10. The zero-order valence-electron chi connectivity index (χ0n) is 11.2. The van der Waals surface area contributed by atoms with Crippen molar-refractivity contribution in [2.24, 2.45) is 0 Å². The van der Waals surface area contributed by atoms with E-state index in [0.717, 1.165) is 27.6 Å². The summed E-state index contributed by atoms with van der Waals surface area (Å²) in [6, 6.07) is 18.3. The summed E-state index contributed by atoms with van der Waals surface area (Å²) in [5.74, 6) is 0.893. The molecule has 0 unspecified atom stereocenters. The van der Waals surface area contributed by atoms with Crippen LogP contribution in [0.1, 0.15) is 6.92 Å². The van der Waals surface area contributed by atoms with Crippen LogP contribution in [0.3, 0.4) is 0 Å². The summed E-state index contributed by atoms with van der Waals surface area (Å²) >= 11 is 1.65. The molecule has 0 bridgehead atoms. The molecule has 0 aliphatic carbocycles. The average molecular weight is 281 g/mol. The molecule has 0 atom stereocenters. The lowest BCUT2D eigenvalue weighted by molar-refractivity contribution is 0.341. The van der Waals surface area contributed by atoms with E-state index >= 15 is 0 Å². The maximum absolute atomic E-state index is 5.67. The second-order valence-corrected chi connectivity index (χ2v) is 5.19. The molecule has 0 aliphatic rings. The third kappa shape index (κ3) is 2.58. The van der Waals surface area contributed by atoms with Crippen LogP contribution in [-0.4, -0.2) is 11.6 Å². The minimum atomic E-state index is 0.661.